The molecule has 0 saturated heterocycles. The Morgan fingerprint density at radius 2 is 1.64 bits per heavy atom. The lowest BCUT2D eigenvalue weighted by Crippen LogP contribution is -2.31. The highest BCUT2D eigenvalue weighted by molar-refractivity contribution is 6.53. The second kappa shape index (κ2) is 6.89. The molecule has 3 nitrogen and oxygen atoms in total. The number of benzene rings is 3. The number of hydrogen-bond donors (Lipinski definition) is 0. The van der Waals surface area contributed by atoms with Crippen LogP contribution in [0.3, 0.4) is 0 Å². The topological polar surface area (TPSA) is 32.7 Å². The zero-order valence-corrected chi connectivity index (χ0v) is 15.7. The number of para-hydroxylation sites is 1. The number of aliphatic imine (C=N–C) groups is 1. The summed E-state index contributed by atoms with van der Waals surface area (Å²) >= 11 is 0. The van der Waals surface area contributed by atoms with Crippen molar-refractivity contribution in [1.82, 2.24) is 0 Å². The fraction of sp³-hybridized carbons (Fsp3) is 0.0833. The van der Waals surface area contributed by atoms with Gasteiger partial charge in [0.1, 0.15) is 11.5 Å². The molecule has 138 valence electrons. The van der Waals surface area contributed by atoms with Crippen LogP contribution in [0, 0.1) is 19.7 Å². The van der Waals surface area contributed by atoms with E-state index < -0.39 is 0 Å². The number of allylic oxidation sites excluding steroid dienone is 1. The van der Waals surface area contributed by atoms with Crippen molar-refractivity contribution in [2.24, 2.45) is 4.99 Å². The van der Waals surface area contributed by atoms with E-state index in [9.17, 15) is 9.18 Å². The van der Waals surface area contributed by atoms with Gasteiger partial charge in [0.25, 0.3) is 0 Å². The molecule has 0 aromatic heterocycles. The van der Waals surface area contributed by atoms with E-state index in [1.54, 1.807) is 18.2 Å². The van der Waals surface area contributed by atoms with Crippen molar-refractivity contribution < 1.29 is 9.18 Å². The molecule has 3 aromatic carbocycles. The highest BCUT2D eigenvalue weighted by Gasteiger charge is 2.31. The zero-order chi connectivity index (χ0) is 19.8. The summed E-state index contributed by atoms with van der Waals surface area (Å²) in [7, 11) is 0. The fourth-order valence-corrected chi connectivity index (χ4v) is 3.53. The van der Waals surface area contributed by atoms with Crippen molar-refractivity contribution in [3.63, 3.8) is 0 Å². The third-order valence-electron chi connectivity index (χ3n) is 4.87. The molecule has 1 aliphatic heterocycles. The summed E-state index contributed by atoms with van der Waals surface area (Å²) in [6.07, 6.45) is 0. The second-order valence-corrected chi connectivity index (χ2v) is 6.81. The van der Waals surface area contributed by atoms with Crippen LogP contribution < -0.4 is 4.90 Å². The molecule has 0 amide bonds. The van der Waals surface area contributed by atoms with Gasteiger partial charge in [-0.25, -0.2) is 9.38 Å². The molecule has 0 bridgehead atoms. The van der Waals surface area contributed by atoms with Gasteiger partial charge >= 0.3 is 0 Å². The number of carbonyl (C=O) groups is 1. The first kappa shape index (κ1) is 17.9. The van der Waals surface area contributed by atoms with Gasteiger partial charge in [0.15, 0.2) is 0 Å². The molecule has 0 aliphatic carbocycles. The van der Waals surface area contributed by atoms with E-state index in [0.29, 0.717) is 22.6 Å². The van der Waals surface area contributed by atoms with Crippen LogP contribution in [0.4, 0.5) is 21.5 Å². The third kappa shape index (κ3) is 2.93. The SMILES string of the molecule is C=C1C(C(=O)c2ccccc2)=Nc2ccc(F)cc2N1c1c(C)cccc1C. The Morgan fingerprint density at radius 1 is 0.964 bits per heavy atom. The number of aryl methyl sites for hydroxylation is 2. The monoisotopic (exact) mass is 370 g/mol. The number of rotatable bonds is 3. The van der Waals surface area contributed by atoms with Crippen LogP contribution in [0.25, 0.3) is 0 Å². The highest BCUT2D eigenvalue weighted by Crippen LogP contribution is 2.43. The number of Topliss-reactive ketones (excluding diaryl/α,β-unsaturated/α-hetero) is 1. The molecule has 4 heteroatoms. The normalized spacial score (nSPS) is 13.2. The summed E-state index contributed by atoms with van der Waals surface area (Å²) in [5.74, 6) is -0.576. The van der Waals surface area contributed by atoms with E-state index in [-0.39, 0.29) is 17.3 Å². The van der Waals surface area contributed by atoms with Crippen LogP contribution in [0.15, 0.2) is 84.0 Å². The van der Waals surface area contributed by atoms with E-state index in [1.165, 1.54) is 12.1 Å². The van der Waals surface area contributed by atoms with Gasteiger partial charge in [0.05, 0.1) is 22.8 Å². The molecule has 0 fully saturated rings. The molecule has 0 atom stereocenters. The minimum absolute atomic E-state index is 0.211. The largest absolute Gasteiger partial charge is 0.306 e. The standard InChI is InChI=1S/C24H19FN2O/c1-15-8-7-9-16(2)23(15)27-17(3)22(24(28)18-10-5-4-6-11-18)26-20-13-12-19(25)14-21(20)27/h4-14H,3H2,1-2H3. The maximum atomic E-state index is 14.1. The van der Waals surface area contributed by atoms with Crippen molar-refractivity contribution >= 4 is 28.6 Å². The molecule has 0 spiro atoms. The fourth-order valence-electron chi connectivity index (χ4n) is 3.53. The van der Waals surface area contributed by atoms with E-state index in [2.05, 4.69) is 11.6 Å². The van der Waals surface area contributed by atoms with Gasteiger partial charge in [0, 0.05) is 11.6 Å². The third-order valence-corrected chi connectivity index (χ3v) is 4.87. The Morgan fingerprint density at radius 3 is 2.32 bits per heavy atom. The summed E-state index contributed by atoms with van der Waals surface area (Å²) in [6.45, 7) is 8.13. The summed E-state index contributed by atoms with van der Waals surface area (Å²) in [5, 5.41) is 0. The van der Waals surface area contributed by atoms with Crippen molar-refractivity contribution in [3.05, 3.63) is 102 Å². The van der Waals surface area contributed by atoms with Crippen molar-refractivity contribution in [2.75, 3.05) is 4.90 Å². The quantitative estimate of drug-likeness (QED) is 0.525. The Bertz CT molecular complexity index is 1110. The molecule has 1 heterocycles. The second-order valence-electron chi connectivity index (χ2n) is 6.81. The molecule has 0 radical (unpaired) electrons. The van der Waals surface area contributed by atoms with Gasteiger partial charge in [-0.05, 0) is 37.1 Å². The van der Waals surface area contributed by atoms with Crippen LogP contribution in [-0.2, 0) is 0 Å². The Kier molecular flexibility index (Phi) is 4.40. The van der Waals surface area contributed by atoms with Crippen molar-refractivity contribution in [2.45, 2.75) is 13.8 Å². The van der Waals surface area contributed by atoms with Gasteiger partial charge in [-0.2, -0.15) is 0 Å². The Balaban J connectivity index is 1.93. The number of hydrogen-bond acceptors (Lipinski definition) is 3. The molecular formula is C24H19FN2O. The number of halogens is 1. The van der Waals surface area contributed by atoms with Gasteiger partial charge in [-0.15, -0.1) is 0 Å². The molecule has 4 rings (SSSR count). The molecule has 0 N–H and O–H groups in total. The summed E-state index contributed by atoms with van der Waals surface area (Å²) in [6, 6.07) is 19.3. The summed E-state index contributed by atoms with van der Waals surface area (Å²) in [4.78, 5) is 19.5. The molecule has 28 heavy (non-hydrogen) atoms. The predicted molar refractivity (Wildman–Crippen MR) is 111 cm³/mol. The van der Waals surface area contributed by atoms with Gasteiger partial charge in [0.2, 0.25) is 5.78 Å². The minimum Gasteiger partial charge on any atom is -0.306 e. The predicted octanol–water partition coefficient (Wildman–Crippen LogP) is 6.06. The van der Waals surface area contributed by atoms with Crippen LogP contribution in [0.5, 0.6) is 0 Å². The lowest BCUT2D eigenvalue weighted by Gasteiger charge is -2.34. The van der Waals surface area contributed by atoms with Gasteiger partial charge in [-0.1, -0.05) is 55.1 Å². The van der Waals surface area contributed by atoms with E-state index in [4.69, 9.17) is 0 Å². The molecule has 0 saturated carbocycles. The van der Waals surface area contributed by atoms with Crippen LogP contribution in [0.2, 0.25) is 0 Å². The first-order valence-electron chi connectivity index (χ1n) is 9.01. The van der Waals surface area contributed by atoms with Gasteiger partial charge < -0.3 is 4.90 Å². The smallest absolute Gasteiger partial charge is 0.213 e. The van der Waals surface area contributed by atoms with E-state index in [1.807, 2.05) is 55.1 Å². The number of anilines is 2. The lowest BCUT2D eigenvalue weighted by molar-refractivity contribution is 0.106. The summed E-state index contributed by atoms with van der Waals surface area (Å²) in [5.41, 5.74) is 5.23. The minimum atomic E-state index is -0.365. The van der Waals surface area contributed by atoms with Crippen LogP contribution in [-0.4, -0.2) is 11.5 Å². The van der Waals surface area contributed by atoms with Crippen molar-refractivity contribution in [3.8, 4) is 0 Å². The Hall–Kier alpha value is -3.53. The summed E-state index contributed by atoms with van der Waals surface area (Å²) < 4.78 is 14.1. The molecule has 3 aromatic rings. The van der Waals surface area contributed by atoms with E-state index in [0.717, 1.165) is 16.8 Å². The first-order chi connectivity index (χ1) is 13.5. The van der Waals surface area contributed by atoms with Crippen LogP contribution >= 0.6 is 0 Å². The van der Waals surface area contributed by atoms with Gasteiger partial charge in [-0.3, -0.25) is 4.79 Å². The number of nitrogens with zero attached hydrogens (tertiary/aromatic N) is 2. The maximum absolute atomic E-state index is 14.1. The average molecular weight is 370 g/mol. The first-order valence-corrected chi connectivity index (χ1v) is 9.01. The number of fused-ring (bicyclic) bond motifs is 1. The zero-order valence-electron chi connectivity index (χ0n) is 15.7. The maximum Gasteiger partial charge on any atom is 0.213 e. The highest BCUT2D eigenvalue weighted by atomic mass is 19.1. The van der Waals surface area contributed by atoms with Crippen molar-refractivity contribution in [1.29, 1.82) is 0 Å². The van der Waals surface area contributed by atoms with Crippen LogP contribution in [0.1, 0.15) is 21.5 Å². The number of carbonyl (C=O) groups excluding carboxylic acids is 1. The molecule has 1 aliphatic rings. The van der Waals surface area contributed by atoms with E-state index >= 15 is 0 Å². The number of ketones is 1. The molecular weight excluding hydrogens is 351 g/mol. The lowest BCUT2D eigenvalue weighted by atomic mass is 9.99. The average Bonchev–Trinajstić information content (AvgIpc) is 2.69. The Labute approximate surface area is 163 Å². The molecule has 0 unspecified atom stereocenters.